The molecule has 0 radical (unpaired) electrons. The molecule has 23 heavy (non-hydrogen) atoms. The molecule has 0 bridgehead atoms. The van der Waals surface area contributed by atoms with Crippen LogP contribution in [0.3, 0.4) is 0 Å². The number of fused-ring (bicyclic) bond motifs is 1. The fourth-order valence-corrected chi connectivity index (χ4v) is 2.93. The lowest BCUT2D eigenvalue weighted by Crippen LogP contribution is -2.31. The van der Waals surface area contributed by atoms with Crippen molar-refractivity contribution in [2.24, 2.45) is 0 Å². The molecule has 0 saturated carbocycles. The van der Waals surface area contributed by atoms with Crippen LogP contribution in [0.2, 0.25) is 0 Å². The van der Waals surface area contributed by atoms with Gasteiger partial charge in [0.05, 0.1) is 6.10 Å². The molecule has 0 saturated heterocycles. The summed E-state index contributed by atoms with van der Waals surface area (Å²) in [6.45, 7) is 1.85. The van der Waals surface area contributed by atoms with Crippen LogP contribution in [0.4, 0.5) is 0 Å². The summed E-state index contributed by atoms with van der Waals surface area (Å²) in [6.07, 6.45) is -1.06. The molecule has 0 amide bonds. The van der Waals surface area contributed by atoms with Gasteiger partial charge in [-0.2, -0.15) is 0 Å². The second kappa shape index (κ2) is 5.55. The van der Waals surface area contributed by atoms with Crippen molar-refractivity contribution >= 4 is 0 Å². The SMILES string of the molecule is CCc1c(O)cc(O)c2c1O[C@H](c1ccc(O)c(O)c1)[C@H](O)C2. The van der Waals surface area contributed by atoms with Crippen molar-refractivity contribution in [3.63, 3.8) is 0 Å². The molecule has 0 aromatic heterocycles. The van der Waals surface area contributed by atoms with E-state index < -0.39 is 12.2 Å². The van der Waals surface area contributed by atoms with Crippen LogP contribution in [-0.4, -0.2) is 31.6 Å². The first-order chi connectivity index (χ1) is 10.9. The van der Waals surface area contributed by atoms with Gasteiger partial charge in [0.25, 0.3) is 0 Å². The summed E-state index contributed by atoms with van der Waals surface area (Å²) in [5.41, 5.74) is 1.49. The molecule has 6 heteroatoms. The van der Waals surface area contributed by atoms with Gasteiger partial charge in [0.2, 0.25) is 0 Å². The zero-order valence-electron chi connectivity index (χ0n) is 12.5. The van der Waals surface area contributed by atoms with E-state index in [2.05, 4.69) is 0 Å². The normalized spacial score (nSPS) is 19.9. The number of hydrogen-bond donors (Lipinski definition) is 5. The smallest absolute Gasteiger partial charge is 0.157 e. The van der Waals surface area contributed by atoms with Crippen molar-refractivity contribution in [1.29, 1.82) is 0 Å². The van der Waals surface area contributed by atoms with Crippen LogP contribution in [0.1, 0.15) is 29.7 Å². The Balaban J connectivity index is 2.07. The van der Waals surface area contributed by atoms with E-state index in [4.69, 9.17) is 4.74 Å². The Kier molecular flexibility index (Phi) is 3.69. The minimum Gasteiger partial charge on any atom is -0.507 e. The van der Waals surface area contributed by atoms with Crippen LogP contribution in [0, 0.1) is 0 Å². The van der Waals surface area contributed by atoms with Crippen molar-refractivity contribution in [1.82, 2.24) is 0 Å². The van der Waals surface area contributed by atoms with E-state index in [-0.39, 0.29) is 29.4 Å². The summed E-state index contributed by atoms with van der Waals surface area (Å²) in [7, 11) is 0. The Hall–Kier alpha value is -2.60. The van der Waals surface area contributed by atoms with Crippen LogP contribution in [-0.2, 0) is 12.8 Å². The molecule has 0 aliphatic carbocycles. The zero-order valence-corrected chi connectivity index (χ0v) is 12.5. The molecule has 122 valence electrons. The third-order valence-electron chi connectivity index (χ3n) is 4.13. The summed E-state index contributed by atoms with van der Waals surface area (Å²) in [4.78, 5) is 0. The molecule has 2 aromatic rings. The summed E-state index contributed by atoms with van der Waals surface area (Å²) in [5, 5.41) is 49.3. The van der Waals surface area contributed by atoms with Gasteiger partial charge in [-0.1, -0.05) is 13.0 Å². The third-order valence-corrected chi connectivity index (χ3v) is 4.13. The van der Waals surface area contributed by atoms with Crippen molar-refractivity contribution < 1.29 is 30.3 Å². The van der Waals surface area contributed by atoms with Crippen LogP contribution >= 0.6 is 0 Å². The molecule has 0 unspecified atom stereocenters. The van der Waals surface area contributed by atoms with E-state index in [9.17, 15) is 25.5 Å². The van der Waals surface area contributed by atoms with Crippen LogP contribution in [0.5, 0.6) is 28.7 Å². The quantitative estimate of drug-likeness (QED) is 0.542. The highest BCUT2D eigenvalue weighted by molar-refractivity contribution is 5.58. The van der Waals surface area contributed by atoms with Gasteiger partial charge in [0.15, 0.2) is 11.5 Å². The Morgan fingerprint density at radius 2 is 1.74 bits per heavy atom. The lowest BCUT2D eigenvalue weighted by atomic mass is 9.91. The number of hydrogen-bond acceptors (Lipinski definition) is 6. The number of aliphatic hydroxyl groups excluding tert-OH is 1. The van der Waals surface area contributed by atoms with E-state index in [1.165, 1.54) is 18.2 Å². The van der Waals surface area contributed by atoms with Gasteiger partial charge in [-0.25, -0.2) is 0 Å². The van der Waals surface area contributed by atoms with Gasteiger partial charge in [-0.15, -0.1) is 0 Å². The van der Waals surface area contributed by atoms with Gasteiger partial charge in [0.1, 0.15) is 23.4 Å². The molecule has 2 atom stereocenters. The molecule has 0 spiro atoms. The molecule has 6 nitrogen and oxygen atoms in total. The number of rotatable bonds is 2. The van der Waals surface area contributed by atoms with E-state index >= 15 is 0 Å². The Morgan fingerprint density at radius 3 is 2.39 bits per heavy atom. The average molecular weight is 318 g/mol. The van der Waals surface area contributed by atoms with Gasteiger partial charge in [0, 0.05) is 23.6 Å². The third kappa shape index (κ3) is 2.51. The zero-order chi connectivity index (χ0) is 16.7. The molecule has 0 fully saturated rings. The highest BCUT2D eigenvalue weighted by Crippen LogP contribution is 2.46. The lowest BCUT2D eigenvalue weighted by molar-refractivity contribution is 0.0190. The molecular weight excluding hydrogens is 300 g/mol. The van der Waals surface area contributed by atoms with Gasteiger partial charge < -0.3 is 30.3 Å². The van der Waals surface area contributed by atoms with Crippen LogP contribution in [0.15, 0.2) is 24.3 Å². The number of benzene rings is 2. The van der Waals surface area contributed by atoms with E-state index in [1.54, 1.807) is 6.07 Å². The second-order valence-corrected chi connectivity index (χ2v) is 5.61. The Labute approximate surface area is 132 Å². The molecule has 1 heterocycles. The van der Waals surface area contributed by atoms with Crippen LogP contribution in [0.25, 0.3) is 0 Å². The fourth-order valence-electron chi connectivity index (χ4n) is 2.93. The first-order valence-electron chi connectivity index (χ1n) is 7.35. The van der Waals surface area contributed by atoms with Crippen molar-refractivity contribution in [2.75, 3.05) is 0 Å². The van der Waals surface area contributed by atoms with Gasteiger partial charge in [-0.05, 0) is 24.1 Å². The summed E-state index contributed by atoms with van der Waals surface area (Å²) in [6, 6.07) is 5.43. The predicted octanol–water partition coefficient (Wildman–Crippen LogP) is 2.11. The Morgan fingerprint density at radius 1 is 1.00 bits per heavy atom. The summed E-state index contributed by atoms with van der Waals surface area (Å²) >= 11 is 0. The minimum absolute atomic E-state index is 0.0626. The summed E-state index contributed by atoms with van der Waals surface area (Å²) in [5.74, 6) is -0.399. The van der Waals surface area contributed by atoms with E-state index in [1.807, 2.05) is 6.92 Å². The highest BCUT2D eigenvalue weighted by atomic mass is 16.5. The first-order valence-corrected chi connectivity index (χ1v) is 7.35. The van der Waals surface area contributed by atoms with E-state index in [0.29, 0.717) is 28.9 Å². The molecule has 3 rings (SSSR count). The predicted molar refractivity (Wildman–Crippen MR) is 82.0 cm³/mol. The first kappa shape index (κ1) is 15.3. The lowest BCUT2D eigenvalue weighted by Gasteiger charge is -2.33. The van der Waals surface area contributed by atoms with Crippen molar-refractivity contribution in [2.45, 2.75) is 32.0 Å². The molecule has 5 N–H and O–H groups in total. The van der Waals surface area contributed by atoms with Crippen molar-refractivity contribution in [3.8, 4) is 28.7 Å². The monoisotopic (exact) mass is 318 g/mol. The maximum Gasteiger partial charge on any atom is 0.157 e. The van der Waals surface area contributed by atoms with E-state index in [0.717, 1.165) is 0 Å². The topological polar surface area (TPSA) is 110 Å². The highest BCUT2D eigenvalue weighted by Gasteiger charge is 2.34. The number of phenolic OH excluding ortho intramolecular Hbond substituents is 4. The molecule has 1 aliphatic heterocycles. The maximum atomic E-state index is 10.3. The molecule has 2 aromatic carbocycles. The molecular formula is C17H18O6. The number of aromatic hydroxyl groups is 4. The second-order valence-electron chi connectivity index (χ2n) is 5.61. The van der Waals surface area contributed by atoms with Gasteiger partial charge >= 0.3 is 0 Å². The maximum absolute atomic E-state index is 10.3. The standard InChI is InChI=1S/C17H18O6/c1-2-9-12(19)7-13(20)10-6-15(22)16(23-17(9)10)8-3-4-11(18)14(21)5-8/h3-5,7,15-16,18-22H,2,6H2,1H3/t15-,16-/m1/s1. The summed E-state index contributed by atoms with van der Waals surface area (Å²) < 4.78 is 5.85. The largest absolute Gasteiger partial charge is 0.507 e. The fraction of sp³-hybridized carbons (Fsp3) is 0.294. The van der Waals surface area contributed by atoms with Gasteiger partial charge in [-0.3, -0.25) is 0 Å². The minimum atomic E-state index is -0.938. The number of ether oxygens (including phenoxy) is 1. The average Bonchev–Trinajstić information content (AvgIpc) is 2.51. The molecule has 1 aliphatic rings. The van der Waals surface area contributed by atoms with Crippen LogP contribution < -0.4 is 4.74 Å². The number of aliphatic hydroxyl groups is 1. The van der Waals surface area contributed by atoms with Crippen molar-refractivity contribution in [3.05, 3.63) is 41.0 Å². The Bertz CT molecular complexity index is 755. The number of phenols is 4.